The maximum absolute atomic E-state index is 12.9. The minimum Gasteiger partial charge on any atom is -0.461 e. The van der Waals surface area contributed by atoms with Gasteiger partial charge in [-0.05, 0) is 20.8 Å². The average molecular weight is 362 g/mol. The molecule has 142 valence electrons. The minimum atomic E-state index is -0.458. The molecular formula is C18H26N4O4. The molecule has 0 radical (unpaired) electrons. The number of aryl methyl sites for hydroxylation is 1. The van der Waals surface area contributed by atoms with Gasteiger partial charge in [-0.1, -0.05) is 0 Å². The Morgan fingerprint density at radius 3 is 2.69 bits per heavy atom. The number of hydrogen-bond donors (Lipinski definition) is 0. The Kier molecular flexibility index (Phi) is 5.02. The standard InChI is InChI=1S/C18H26N4O4/c1-5-26-18(25)16-13-10-21(7-6-14(13)20(4)19-16)17(24)12-8-15(23)22(9-12)11(2)3/h11-12H,5-10H2,1-4H3. The largest absolute Gasteiger partial charge is 0.461 e. The van der Waals surface area contributed by atoms with Gasteiger partial charge >= 0.3 is 5.97 Å². The summed E-state index contributed by atoms with van der Waals surface area (Å²) in [5.41, 5.74) is 2.01. The van der Waals surface area contributed by atoms with E-state index in [0.717, 1.165) is 11.3 Å². The summed E-state index contributed by atoms with van der Waals surface area (Å²) in [6.45, 7) is 7.32. The molecule has 1 fully saturated rings. The van der Waals surface area contributed by atoms with Crippen LogP contribution in [0.2, 0.25) is 0 Å². The molecule has 2 amide bonds. The van der Waals surface area contributed by atoms with Gasteiger partial charge in [0.15, 0.2) is 5.69 Å². The molecule has 0 spiro atoms. The van der Waals surface area contributed by atoms with Crippen LogP contribution in [-0.2, 0) is 34.3 Å². The smallest absolute Gasteiger partial charge is 0.359 e. The molecule has 1 aromatic rings. The number of likely N-dealkylation sites (tertiary alicyclic amines) is 1. The van der Waals surface area contributed by atoms with E-state index in [1.165, 1.54) is 0 Å². The van der Waals surface area contributed by atoms with E-state index < -0.39 is 5.97 Å². The molecule has 2 aliphatic rings. The summed E-state index contributed by atoms with van der Waals surface area (Å²) < 4.78 is 6.79. The van der Waals surface area contributed by atoms with Crippen LogP contribution in [0.4, 0.5) is 0 Å². The lowest BCUT2D eigenvalue weighted by Gasteiger charge is -2.30. The Morgan fingerprint density at radius 1 is 1.35 bits per heavy atom. The third kappa shape index (κ3) is 3.20. The highest BCUT2D eigenvalue weighted by Crippen LogP contribution is 2.27. The minimum absolute atomic E-state index is 0.0224. The first-order valence-electron chi connectivity index (χ1n) is 9.13. The molecule has 1 atom stereocenters. The molecule has 0 bridgehead atoms. The fourth-order valence-corrected chi connectivity index (χ4v) is 3.80. The van der Waals surface area contributed by atoms with Crippen LogP contribution >= 0.6 is 0 Å². The van der Waals surface area contributed by atoms with Crippen molar-refractivity contribution in [1.29, 1.82) is 0 Å². The zero-order valence-corrected chi connectivity index (χ0v) is 15.8. The summed E-state index contributed by atoms with van der Waals surface area (Å²) in [7, 11) is 1.80. The maximum atomic E-state index is 12.9. The Balaban J connectivity index is 1.77. The van der Waals surface area contributed by atoms with Gasteiger partial charge in [-0.15, -0.1) is 0 Å². The number of fused-ring (bicyclic) bond motifs is 1. The fourth-order valence-electron chi connectivity index (χ4n) is 3.80. The predicted octanol–water partition coefficient (Wildman–Crippen LogP) is 0.738. The van der Waals surface area contributed by atoms with Crippen molar-refractivity contribution >= 4 is 17.8 Å². The van der Waals surface area contributed by atoms with Crippen LogP contribution in [0.1, 0.15) is 48.9 Å². The van der Waals surface area contributed by atoms with Crippen molar-refractivity contribution < 1.29 is 19.1 Å². The van der Waals surface area contributed by atoms with Crippen LogP contribution in [0.5, 0.6) is 0 Å². The van der Waals surface area contributed by atoms with Crippen LogP contribution in [0.3, 0.4) is 0 Å². The first-order chi connectivity index (χ1) is 12.3. The van der Waals surface area contributed by atoms with Gasteiger partial charge in [0.2, 0.25) is 11.8 Å². The maximum Gasteiger partial charge on any atom is 0.359 e. The first kappa shape index (κ1) is 18.4. The van der Waals surface area contributed by atoms with Crippen molar-refractivity contribution in [2.75, 3.05) is 19.7 Å². The third-order valence-electron chi connectivity index (χ3n) is 5.15. The molecule has 8 heteroatoms. The lowest BCUT2D eigenvalue weighted by atomic mass is 10.0. The number of amides is 2. The summed E-state index contributed by atoms with van der Waals surface area (Å²) in [6, 6.07) is 0.0991. The highest BCUT2D eigenvalue weighted by Gasteiger charge is 2.39. The summed E-state index contributed by atoms with van der Waals surface area (Å²) in [4.78, 5) is 40.7. The Morgan fingerprint density at radius 2 is 2.08 bits per heavy atom. The van der Waals surface area contributed by atoms with E-state index in [0.29, 0.717) is 26.1 Å². The quantitative estimate of drug-likeness (QED) is 0.738. The number of nitrogens with zero attached hydrogens (tertiary/aromatic N) is 4. The first-order valence-corrected chi connectivity index (χ1v) is 9.13. The van der Waals surface area contributed by atoms with Crippen molar-refractivity contribution in [1.82, 2.24) is 19.6 Å². The zero-order valence-electron chi connectivity index (χ0n) is 15.8. The molecule has 1 aromatic heterocycles. The van der Waals surface area contributed by atoms with E-state index in [4.69, 9.17) is 4.74 Å². The second-order valence-corrected chi connectivity index (χ2v) is 7.17. The van der Waals surface area contributed by atoms with Gasteiger partial charge in [0.05, 0.1) is 12.5 Å². The van der Waals surface area contributed by atoms with E-state index in [-0.39, 0.29) is 42.5 Å². The lowest BCUT2D eigenvalue weighted by Crippen LogP contribution is -2.41. The molecule has 1 unspecified atom stereocenters. The van der Waals surface area contributed by atoms with Gasteiger partial charge in [-0.2, -0.15) is 5.10 Å². The highest BCUT2D eigenvalue weighted by molar-refractivity contribution is 5.91. The van der Waals surface area contributed by atoms with E-state index in [1.54, 1.807) is 28.5 Å². The molecule has 8 nitrogen and oxygen atoms in total. The average Bonchev–Trinajstić information content (AvgIpc) is 3.15. The molecule has 0 saturated carbocycles. The lowest BCUT2D eigenvalue weighted by molar-refractivity contribution is -0.136. The van der Waals surface area contributed by atoms with Crippen molar-refractivity contribution in [3.63, 3.8) is 0 Å². The Bertz CT molecular complexity index is 740. The van der Waals surface area contributed by atoms with Gasteiger partial charge < -0.3 is 14.5 Å². The fraction of sp³-hybridized carbons (Fsp3) is 0.667. The van der Waals surface area contributed by atoms with E-state index in [2.05, 4.69) is 5.10 Å². The summed E-state index contributed by atoms with van der Waals surface area (Å²) in [6.07, 6.45) is 0.899. The summed E-state index contributed by atoms with van der Waals surface area (Å²) >= 11 is 0. The van der Waals surface area contributed by atoms with Gasteiger partial charge in [0, 0.05) is 56.8 Å². The van der Waals surface area contributed by atoms with Crippen LogP contribution in [0.25, 0.3) is 0 Å². The van der Waals surface area contributed by atoms with Crippen LogP contribution in [0.15, 0.2) is 0 Å². The molecule has 3 heterocycles. The Labute approximate surface area is 153 Å². The molecule has 26 heavy (non-hydrogen) atoms. The van der Waals surface area contributed by atoms with Crippen molar-refractivity contribution in [3.05, 3.63) is 17.0 Å². The topological polar surface area (TPSA) is 84.7 Å². The number of rotatable bonds is 4. The Hall–Kier alpha value is -2.38. The normalized spacial score (nSPS) is 19.9. The number of ether oxygens (including phenoxy) is 1. The molecule has 0 aliphatic carbocycles. The second kappa shape index (κ2) is 7.09. The number of carbonyl (C=O) groups excluding carboxylic acids is 3. The SMILES string of the molecule is CCOC(=O)c1nn(C)c2c1CN(C(=O)C1CC(=O)N(C(C)C)C1)CC2. The molecule has 1 saturated heterocycles. The highest BCUT2D eigenvalue weighted by atomic mass is 16.5. The van der Waals surface area contributed by atoms with Gasteiger partial charge in [0.25, 0.3) is 0 Å². The summed E-state index contributed by atoms with van der Waals surface area (Å²) in [5, 5.41) is 4.29. The van der Waals surface area contributed by atoms with Crippen LogP contribution in [0, 0.1) is 5.92 Å². The molecule has 2 aliphatic heterocycles. The van der Waals surface area contributed by atoms with Crippen molar-refractivity contribution in [2.24, 2.45) is 13.0 Å². The van der Waals surface area contributed by atoms with Crippen LogP contribution in [-0.4, -0.2) is 63.1 Å². The third-order valence-corrected chi connectivity index (χ3v) is 5.15. The molecule has 3 rings (SSSR count). The van der Waals surface area contributed by atoms with E-state index >= 15 is 0 Å². The monoisotopic (exact) mass is 362 g/mol. The van der Waals surface area contributed by atoms with Crippen molar-refractivity contribution in [3.8, 4) is 0 Å². The number of hydrogen-bond acceptors (Lipinski definition) is 5. The van der Waals surface area contributed by atoms with E-state index in [1.807, 2.05) is 13.8 Å². The molecule has 0 aromatic carbocycles. The molecular weight excluding hydrogens is 336 g/mol. The van der Waals surface area contributed by atoms with Gasteiger partial charge in [0.1, 0.15) is 0 Å². The summed E-state index contributed by atoms with van der Waals surface area (Å²) in [5.74, 6) is -0.759. The molecule has 0 N–H and O–H groups in total. The predicted molar refractivity (Wildman–Crippen MR) is 93.2 cm³/mol. The zero-order chi connectivity index (χ0) is 19.0. The van der Waals surface area contributed by atoms with Gasteiger partial charge in [-0.25, -0.2) is 4.79 Å². The second-order valence-electron chi connectivity index (χ2n) is 7.17. The number of esters is 1. The van der Waals surface area contributed by atoms with Gasteiger partial charge in [-0.3, -0.25) is 14.3 Å². The number of aromatic nitrogens is 2. The van der Waals surface area contributed by atoms with Crippen molar-refractivity contribution in [2.45, 2.75) is 46.2 Å². The number of carbonyl (C=O) groups is 3. The van der Waals surface area contributed by atoms with Crippen LogP contribution < -0.4 is 0 Å². The van der Waals surface area contributed by atoms with E-state index in [9.17, 15) is 14.4 Å².